The molecule has 1 unspecified atom stereocenters. The lowest BCUT2D eigenvalue weighted by Crippen LogP contribution is -2.16. The molecule has 15 heavy (non-hydrogen) atoms. The number of hydrogen-bond donors (Lipinski definition) is 0. The molecule has 0 fully saturated rings. The fraction of sp³-hybridized carbons (Fsp3) is 0.333. The van der Waals surface area contributed by atoms with Gasteiger partial charge >= 0.3 is 0 Å². The number of benzene rings is 1. The third-order valence-electron chi connectivity index (χ3n) is 2.82. The first-order chi connectivity index (χ1) is 7.33. The molecule has 1 atom stereocenters. The molecule has 0 heterocycles. The zero-order valence-electron chi connectivity index (χ0n) is 8.27. The highest BCUT2D eigenvalue weighted by Gasteiger charge is 2.25. The lowest BCUT2D eigenvalue weighted by atomic mass is 9.82. The summed E-state index contributed by atoms with van der Waals surface area (Å²) in [5, 5.41) is 0. The second-order valence-corrected chi connectivity index (χ2v) is 3.68. The van der Waals surface area contributed by atoms with Crippen LogP contribution in [-0.4, -0.2) is 12.0 Å². The van der Waals surface area contributed by atoms with Crippen LogP contribution in [0.4, 0.5) is 0 Å². The summed E-state index contributed by atoms with van der Waals surface area (Å²) in [7, 11) is 0. The van der Waals surface area contributed by atoms with Crippen LogP contribution in [0.2, 0.25) is 0 Å². The molecule has 0 aliphatic heterocycles. The number of carbonyl (C=O) groups is 1. The Morgan fingerprint density at radius 1 is 1.40 bits per heavy atom. The number of fused-ring (bicyclic) bond motifs is 1. The summed E-state index contributed by atoms with van der Waals surface area (Å²) in [5.41, 5.74) is 2.22. The summed E-state index contributed by atoms with van der Waals surface area (Å²) in [6.07, 6.45) is 4.08. The third-order valence-corrected chi connectivity index (χ3v) is 2.82. The number of nitrogens with zero attached hydrogens (tertiary/aromatic N) is 1. The van der Waals surface area contributed by atoms with Crippen LogP contribution in [-0.2, 0) is 16.0 Å². The van der Waals surface area contributed by atoms with Gasteiger partial charge in [-0.2, -0.15) is 0 Å². The van der Waals surface area contributed by atoms with Gasteiger partial charge in [0.1, 0.15) is 0 Å². The number of rotatable bonds is 1. The van der Waals surface area contributed by atoms with E-state index in [0.717, 1.165) is 24.8 Å². The number of aliphatic imine (C=N–C) groups is 1. The highest BCUT2D eigenvalue weighted by atomic mass is 16.2. The van der Waals surface area contributed by atoms with Crippen molar-refractivity contribution >= 4 is 12.0 Å². The Morgan fingerprint density at radius 2 is 2.20 bits per heavy atom. The molecule has 1 aliphatic carbocycles. The minimum Gasteiger partial charge on any atom is -0.271 e. The zero-order valence-corrected chi connectivity index (χ0v) is 8.27. The Bertz CT molecular complexity index is 433. The van der Waals surface area contributed by atoms with Crippen LogP contribution in [0.1, 0.15) is 29.9 Å². The van der Waals surface area contributed by atoms with Crippen LogP contribution in [0, 0.1) is 0 Å². The smallest absolute Gasteiger partial charge is 0.263 e. The maximum Gasteiger partial charge on any atom is 0.263 e. The van der Waals surface area contributed by atoms with Crippen molar-refractivity contribution < 1.29 is 9.59 Å². The van der Waals surface area contributed by atoms with Gasteiger partial charge in [-0.1, -0.05) is 24.3 Å². The first-order valence-corrected chi connectivity index (χ1v) is 5.02. The first kappa shape index (κ1) is 9.81. The van der Waals surface area contributed by atoms with Gasteiger partial charge < -0.3 is 0 Å². The molecule has 0 radical (unpaired) electrons. The van der Waals surface area contributed by atoms with E-state index < -0.39 is 0 Å². The molecule has 3 nitrogen and oxygen atoms in total. The molecule has 0 spiro atoms. The molecule has 0 bridgehead atoms. The highest BCUT2D eigenvalue weighted by Crippen LogP contribution is 2.32. The molecule has 1 aliphatic rings. The second kappa shape index (κ2) is 4.20. The normalized spacial score (nSPS) is 18.8. The maximum absolute atomic E-state index is 11.5. The molecule has 0 saturated heterocycles. The molecule has 76 valence electrons. The number of carbonyl (C=O) groups excluding carboxylic acids is 2. The van der Waals surface area contributed by atoms with E-state index in [1.54, 1.807) is 0 Å². The maximum atomic E-state index is 11.5. The Balaban J connectivity index is 2.37. The Kier molecular flexibility index (Phi) is 2.75. The van der Waals surface area contributed by atoms with E-state index in [0.29, 0.717) is 0 Å². The van der Waals surface area contributed by atoms with E-state index in [1.165, 1.54) is 11.6 Å². The summed E-state index contributed by atoms with van der Waals surface area (Å²) in [4.78, 5) is 24.8. The minimum atomic E-state index is -0.364. The van der Waals surface area contributed by atoms with Crippen molar-refractivity contribution in [3.63, 3.8) is 0 Å². The molecule has 0 N–H and O–H groups in total. The molecule has 1 aromatic carbocycles. The molecule has 1 aromatic rings. The van der Waals surface area contributed by atoms with Crippen molar-refractivity contribution in [2.75, 3.05) is 0 Å². The predicted octanol–water partition coefficient (Wildman–Crippen LogP) is 1.97. The number of amides is 1. The minimum absolute atomic E-state index is 0.239. The molecule has 0 saturated carbocycles. The van der Waals surface area contributed by atoms with Crippen LogP contribution in [0.3, 0.4) is 0 Å². The van der Waals surface area contributed by atoms with E-state index in [1.807, 2.05) is 24.3 Å². The average Bonchev–Trinajstić information content (AvgIpc) is 2.28. The van der Waals surface area contributed by atoms with Crippen molar-refractivity contribution in [2.45, 2.75) is 25.2 Å². The SMILES string of the molecule is O=C=NC(=O)C1CCCc2ccccc21. The number of aryl methyl sites for hydroxylation is 1. The van der Waals surface area contributed by atoms with Gasteiger partial charge in [-0.05, 0) is 30.4 Å². The number of hydrogen-bond acceptors (Lipinski definition) is 2. The lowest BCUT2D eigenvalue weighted by molar-refractivity contribution is -0.119. The van der Waals surface area contributed by atoms with Gasteiger partial charge in [0.25, 0.3) is 5.91 Å². The Labute approximate surface area is 87.8 Å². The Morgan fingerprint density at radius 3 is 3.00 bits per heavy atom. The fourth-order valence-corrected chi connectivity index (χ4v) is 2.13. The molecular formula is C12H11NO2. The largest absolute Gasteiger partial charge is 0.271 e. The molecule has 0 aromatic heterocycles. The van der Waals surface area contributed by atoms with E-state index >= 15 is 0 Å². The summed E-state index contributed by atoms with van der Waals surface area (Å²) >= 11 is 0. The van der Waals surface area contributed by atoms with Crippen molar-refractivity contribution in [3.05, 3.63) is 35.4 Å². The average molecular weight is 201 g/mol. The van der Waals surface area contributed by atoms with Gasteiger partial charge in [-0.15, -0.1) is 4.99 Å². The molecule has 3 heteroatoms. The van der Waals surface area contributed by atoms with Crippen LogP contribution < -0.4 is 0 Å². The van der Waals surface area contributed by atoms with Crippen molar-refractivity contribution in [3.8, 4) is 0 Å². The fourth-order valence-electron chi connectivity index (χ4n) is 2.13. The zero-order chi connectivity index (χ0) is 10.7. The Hall–Kier alpha value is -1.73. The van der Waals surface area contributed by atoms with Crippen LogP contribution in [0.5, 0.6) is 0 Å². The second-order valence-electron chi connectivity index (χ2n) is 3.68. The van der Waals surface area contributed by atoms with E-state index in [2.05, 4.69) is 4.99 Å². The quantitative estimate of drug-likeness (QED) is 0.515. The van der Waals surface area contributed by atoms with E-state index in [4.69, 9.17) is 0 Å². The van der Waals surface area contributed by atoms with Crippen molar-refractivity contribution in [1.82, 2.24) is 0 Å². The summed E-state index contributed by atoms with van der Waals surface area (Å²) in [6, 6.07) is 7.85. The van der Waals surface area contributed by atoms with Gasteiger partial charge in [0.2, 0.25) is 6.08 Å². The van der Waals surface area contributed by atoms with Gasteiger partial charge in [0.15, 0.2) is 0 Å². The van der Waals surface area contributed by atoms with E-state index in [-0.39, 0.29) is 11.8 Å². The third kappa shape index (κ3) is 1.88. The van der Waals surface area contributed by atoms with Crippen LogP contribution in [0.25, 0.3) is 0 Å². The van der Waals surface area contributed by atoms with Crippen molar-refractivity contribution in [1.29, 1.82) is 0 Å². The molecule has 1 amide bonds. The van der Waals surface area contributed by atoms with Gasteiger partial charge in [0, 0.05) is 0 Å². The lowest BCUT2D eigenvalue weighted by Gasteiger charge is -2.22. The number of isocyanates is 1. The van der Waals surface area contributed by atoms with E-state index in [9.17, 15) is 9.59 Å². The monoisotopic (exact) mass is 201 g/mol. The van der Waals surface area contributed by atoms with Gasteiger partial charge in [0.05, 0.1) is 5.92 Å². The van der Waals surface area contributed by atoms with Crippen molar-refractivity contribution in [2.24, 2.45) is 4.99 Å². The van der Waals surface area contributed by atoms with Crippen LogP contribution >= 0.6 is 0 Å². The first-order valence-electron chi connectivity index (χ1n) is 5.02. The summed E-state index contributed by atoms with van der Waals surface area (Å²) < 4.78 is 0. The topological polar surface area (TPSA) is 46.5 Å². The standard InChI is InChI=1S/C12H11NO2/c14-8-13-12(15)11-7-3-5-9-4-1-2-6-10(9)11/h1-2,4,6,11H,3,5,7H2. The predicted molar refractivity (Wildman–Crippen MR) is 55.2 cm³/mol. The molecule has 2 rings (SSSR count). The van der Waals surface area contributed by atoms with Crippen LogP contribution in [0.15, 0.2) is 29.3 Å². The van der Waals surface area contributed by atoms with Gasteiger partial charge in [-0.25, -0.2) is 4.79 Å². The molecular weight excluding hydrogens is 190 g/mol. The van der Waals surface area contributed by atoms with Gasteiger partial charge in [-0.3, -0.25) is 4.79 Å². The highest BCUT2D eigenvalue weighted by molar-refractivity contribution is 5.88. The summed E-state index contributed by atoms with van der Waals surface area (Å²) in [6.45, 7) is 0. The summed E-state index contributed by atoms with van der Waals surface area (Å²) in [5.74, 6) is -0.603.